The Morgan fingerprint density at radius 3 is 2.20 bits per heavy atom. The van der Waals surface area contributed by atoms with Gasteiger partial charge in [0.15, 0.2) is 0 Å². The first kappa shape index (κ1) is 16.3. The van der Waals surface area contributed by atoms with Crippen molar-refractivity contribution in [1.82, 2.24) is 4.90 Å². The summed E-state index contributed by atoms with van der Waals surface area (Å²) in [6, 6.07) is 0. The number of hydrogen-bond acceptors (Lipinski definition) is 3. The quantitative estimate of drug-likeness (QED) is 0.786. The van der Waals surface area contributed by atoms with Crippen molar-refractivity contribution in [2.45, 2.75) is 89.4 Å². The van der Waals surface area contributed by atoms with Crippen LogP contribution in [-0.2, 0) is 4.74 Å². The predicted octanol–water partition coefficient (Wildman–Crippen LogP) is 3.32. The Kier molecular flexibility index (Phi) is 5.49. The van der Waals surface area contributed by atoms with Crippen molar-refractivity contribution in [1.29, 1.82) is 0 Å². The van der Waals surface area contributed by atoms with Crippen LogP contribution in [0.3, 0.4) is 0 Å². The van der Waals surface area contributed by atoms with Crippen LogP contribution in [0.15, 0.2) is 0 Å². The maximum atomic E-state index is 6.23. The summed E-state index contributed by atoms with van der Waals surface area (Å²) < 4.78 is 6.21. The molecule has 0 amide bonds. The molecule has 0 radical (unpaired) electrons. The molecule has 0 spiro atoms. The lowest BCUT2D eigenvalue weighted by molar-refractivity contribution is -0.0463. The number of ether oxygens (including phenoxy) is 1. The van der Waals surface area contributed by atoms with Crippen molar-refractivity contribution < 1.29 is 4.74 Å². The first-order valence-corrected chi connectivity index (χ1v) is 8.64. The third kappa shape index (κ3) is 3.75. The van der Waals surface area contributed by atoms with Gasteiger partial charge in [-0.15, -0.1) is 0 Å². The molecule has 1 atom stereocenters. The summed E-state index contributed by atoms with van der Waals surface area (Å²) in [5.41, 5.74) is 6.54. The molecule has 1 saturated carbocycles. The number of hydrogen-bond donors (Lipinski definition) is 1. The van der Waals surface area contributed by atoms with E-state index in [2.05, 4.69) is 25.7 Å². The fourth-order valence-corrected chi connectivity index (χ4v) is 4.15. The van der Waals surface area contributed by atoms with Crippen molar-refractivity contribution in [2.24, 2.45) is 5.73 Å². The normalized spacial score (nSPS) is 29.6. The first-order chi connectivity index (χ1) is 9.51. The van der Waals surface area contributed by atoms with Crippen LogP contribution in [0.2, 0.25) is 0 Å². The van der Waals surface area contributed by atoms with Crippen molar-refractivity contribution in [3.05, 3.63) is 0 Å². The van der Waals surface area contributed by atoms with Gasteiger partial charge in [-0.1, -0.05) is 32.6 Å². The smallest absolute Gasteiger partial charge is 0.0710 e. The Morgan fingerprint density at radius 1 is 1.10 bits per heavy atom. The van der Waals surface area contributed by atoms with Crippen LogP contribution in [0.25, 0.3) is 0 Å². The second-order valence-corrected chi connectivity index (χ2v) is 7.42. The van der Waals surface area contributed by atoms with Crippen LogP contribution in [0, 0.1) is 0 Å². The van der Waals surface area contributed by atoms with E-state index in [1.54, 1.807) is 0 Å². The number of nitrogens with zero attached hydrogens (tertiary/aromatic N) is 1. The summed E-state index contributed by atoms with van der Waals surface area (Å²) in [4.78, 5) is 2.64. The van der Waals surface area contributed by atoms with E-state index >= 15 is 0 Å². The molecule has 3 heteroatoms. The summed E-state index contributed by atoms with van der Waals surface area (Å²) in [7, 11) is 0. The molecule has 1 aliphatic heterocycles. The summed E-state index contributed by atoms with van der Waals surface area (Å²) in [5, 5.41) is 0. The van der Waals surface area contributed by atoms with Crippen LogP contribution in [0.1, 0.15) is 72.1 Å². The van der Waals surface area contributed by atoms with Gasteiger partial charge in [0.25, 0.3) is 0 Å². The molecule has 20 heavy (non-hydrogen) atoms. The standard InChI is InChI=1S/C17H34N2O/c1-4-19(13-15-9-12-16(2,3)20-15)17(14-18)10-7-5-6-8-11-17/h15H,4-14,18H2,1-3H3. The first-order valence-electron chi connectivity index (χ1n) is 8.64. The molecule has 1 unspecified atom stereocenters. The van der Waals surface area contributed by atoms with Gasteiger partial charge in [-0.25, -0.2) is 0 Å². The lowest BCUT2D eigenvalue weighted by Crippen LogP contribution is -2.55. The van der Waals surface area contributed by atoms with Crippen LogP contribution in [0.4, 0.5) is 0 Å². The highest BCUT2D eigenvalue weighted by molar-refractivity contribution is 4.95. The van der Waals surface area contributed by atoms with E-state index in [4.69, 9.17) is 10.5 Å². The lowest BCUT2D eigenvalue weighted by Gasteiger charge is -2.44. The van der Waals surface area contributed by atoms with E-state index in [1.165, 1.54) is 51.4 Å². The highest BCUT2D eigenvalue weighted by atomic mass is 16.5. The molecular weight excluding hydrogens is 248 g/mol. The summed E-state index contributed by atoms with van der Waals surface area (Å²) >= 11 is 0. The van der Waals surface area contributed by atoms with E-state index in [9.17, 15) is 0 Å². The van der Waals surface area contributed by atoms with Gasteiger partial charge in [0.2, 0.25) is 0 Å². The Bertz CT molecular complexity index is 295. The summed E-state index contributed by atoms with van der Waals surface area (Å²) in [6.45, 7) is 9.68. The molecule has 2 fully saturated rings. The fourth-order valence-electron chi connectivity index (χ4n) is 4.15. The zero-order valence-corrected chi connectivity index (χ0v) is 13.8. The minimum atomic E-state index is 0.0728. The largest absolute Gasteiger partial charge is 0.371 e. The Morgan fingerprint density at radius 2 is 1.75 bits per heavy atom. The third-order valence-electron chi connectivity index (χ3n) is 5.44. The van der Waals surface area contributed by atoms with Crippen LogP contribution in [-0.4, -0.2) is 41.8 Å². The highest BCUT2D eigenvalue weighted by Gasteiger charge is 2.39. The SMILES string of the molecule is CCN(CC1CCC(C)(C)O1)C1(CN)CCCCCC1. The highest BCUT2D eigenvalue weighted by Crippen LogP contribution is 2.35. The third-order valence-corrected chi connectivity index (χ3v) is 5.44. The number of likely N-dealkylation sites (N-methyl/N-ethyl adjacent to an activating group) is 1. The molecule has 0 bridgehead atoms. The zero-order valence-electron chi connectivity index (χ0n) is 13.8. The van der Waals surface area contributed by atoms with Crippen molar-refractivity contribution >= 4 is 0 Å². The Balaban J connectivity index is 2.01. The minimum Gasteiger partial charge on any atom is -0.371 e. The van der Waals surface area contributed by atoms with E-state index < -0.39 is 0 Å². The van der Waals surface area contributed by atoms with Gasteiger partial charge in [-0.2, -0.15) is 0 Å². The van der Waals surface area contributed by atoms with Gasteiger partial charge in [0, 0.05) is 18.6 Å². The molecule has 2 aliphatic rings. The molecule has 0 aromatic rings. The van der Waals surface area contributed by atoms with Gasteiger partial charge < -0.3 is 10.5 Å². The van der Waals surface area contributed by atoms with Crippen LogP contribution >= 0.6 is 0 Å². The predicted molar refractivity (Wildman–Crippen MR) is 84.9 cm³/mol. The summed E-state index contributed by atoms with van der Waals surface area (Å²) in [5.74, 6) is 0. The molecular formula is C17H34N2O. The molecule has 2 N–H and O–H groups in total. The molecule has 118 valence electrons. The van der Waals surface area contributed by atoms with E-state index in [0.717, 1.165) is 19.6 Å². The van der Waals surface area contributed by atoms with Crippen molar-refractivity contribution in [2.75, 3.05) is 19.6 Å². The molecule has 0 aromatic heterocycles. The topological polar surface area (TPSA) is 38.5 Å². The minimum absolute atomic E-state index is 0.0728. The zero-order chi connectivity index (χ0) is 14.6. The van der Waals surface area contributed by atoms with Crippen molar-refractivity contribution in [3.63, 3.8) is 0 Å². The maximum absolute atomic E-state index is 6.23. The van der Waals surface area contributed by atoms with Gasteiger partial charge >= 0.3 is 0 Å². The van der Waals surface area contributed by atoms with Crippen LogP contribution < -0.4 is 5.73 Å². The fraction of sp³-hybridized carbons (Fsp3) is 1.00. The Hall–Kier alpha value is -0.120. The number of rotatable bonds is 5. The molecule has 1 saturated heterocycles. The number of nitrogens with two attached hydrogens (primary N) is 1. The molecule has 0 aromatic carbocycles. The van der Waals surface area contributed by atoms with Crippen LogP contribution in [0.5, 0.6) is 0 Å². The van der Waals surface area contributed by atoms with Gasteiger partial charge in [-0.3, -0.25) is 4.90 Å². The van der Waals surface area contributed by atoms with E-state index in [0.29, 0.717) is 6.10 Å². The summed E-state index contributed by atoms with van der Waals surface area (Å²) in [6.07, 6.45) is 10.8. The average molecular weight is 282 g/mol. The van der Waals surface area contributed by atoms with Gasteiger partial charge in [0.05, 0.1) is 11.7 Å². The lowest BCUT2D eigenvalue weighted by atomic mass is 9.87. The average Bonchev–Trinajstić information content (AvgIpc) is 2.65. The molecule has 2 rings (SSSR count). The molecule has 1 aliphatic carbocycles. The van der Waals surface area contributed by atoms with Crippen molar-refractivity contribution in [3.8, 4) is 0 Å². The molecule has 1 heterocycles. The second kappa shape index (κ2) is 6.76. The monoisotopic (exact) mass is 282 g/mol. The van der Waals surface area contributed by atoms with E-state index in [1.807, 2.05) is 0 Å². The second-order valence-electron chi connectivity index (χ2n) is 7.42. The maximum Gasteiger partial charge on any atom is 0.0710 e. The Labute approximate surface area is 125 Å². The molecule has 3 nitrogen and oxygen atoms in total. The van der Waals surface area contributed by atoms with Gasteiger partial charge in [0.1, 0.15) is 0 Å². The van der Waals surface area contributed by atoms with Gasteiger partial charge in [-0.05, 0) is 46.1 Å². The van der Waals surface area contributed by atoms with E-state index in [-0.39, 0.29) is 11.1 Å².